The number of nitrogens with zero attached hydrogens (tertiary/aromatic N) is 1. The van der Waals surface area contributed by atoms with E-state index < -0.39 is 19.7 Å². The highest BCUT2D eigenvalue weighted by molar-refractivity contribution is 7.91. The van der Waals surface area contributed by atoms with E-state index >= 15 is 0 Å². The summed E-state index contributed by atoms with van der Waals surface area (Å²) in [7, 11) is -2.66. The molecule has 0 radical (unpaired) electrons. The van der Waals surface area contributed by atoms with Crippen molar-refractivity contribution in [2.75, 3.05) is 27.2 Å². The summed E-state index contributed by atoms with van der Waals surface area (Å²) in [6, 6.07) is 28.6. The zero-order valence-corrected chi connectivity index (χ0v) is 28.6. The van der Waals surface area contributed by atoms with Crippen LogP contribution in [0.15, 0.2) is 117 Å². The molecule has 0 aliphatic heterocycles. The maximum absolute atomic E-state index is 12.8. The van der Waals surface area contributed by atoms with Gasteiger partial charge in [-0.1, -0.05) is 48.5 Å². The number of rotatable bonds is 9. The summed E-state index contributed by atoms with van der Waals surface area (Å²) in [5.74, 6) is 1.02. The van der Waals surface area contributed by atoms with E-state index in [1.54, 1.807) is 60.7 Å². The molecule has 2 aliphatic carbocycles. The van der Waals surface area contributed by atoms with Crippen LogP contribution in [0.3, 0.4) is 0 Å². The second-order valence-corrected chi connectivity index (χ2v) is 16.6. The zero-order valence-electron chi connectivity index (χ0n) is 26.9. The van der Waals surface area contributed by atoms with Gasteiger partial charge in [-0.25, -0.2) is 16.8 Å². The largest absolute Gasteiger partial charge is 0.330 e. The first-order chi connectivity index (χ1) is 22.1. The highest BCUT2D eigenvalue weighted by Crippen LogP contribution is 2.37. The average Bonchev–Trinajstić information content (AvgIpc) is 3.08. The van der Waals surface area contributed by atoms with Crippen molar-refractivity contribution in [1.82, 2.24) is 4.90 Å². The highest BCUT2D eigenvalue weighted by Gasteiger charge is 2.25. The Balaban J connectivity index is 0.000000182. The van der Waals surface area contributed by atoms with Gasteiger partial charge in [0, 0.05) is 0 Å². The lowest BCUT2D eigenvalue weighted by Crippen LogP contribution is -2.19. The van der Waals surface area contributed by atoms with Crippen LogP contribution in [0.1, 0.15) is 72.6 Å². The van der Waals surface area contributed by atoms with Gasteiger partial charge in [-0.3, -0.25) is 0 Å². The van der Waals surface area contributed by atoms with Crippen molar-refractivity contribution in [1.29, 1.82) is 0 Å². The van der Waals surface area contributed by atoms with Crippen LogP contribution in [-0.4, -0.2) is 48.9 Å². The van der Waals surface area contributed by atoms with Crippen LogP contribution in [0.4, 0.5) is 0 Å². The minimum atomic E-state index is -3.43. The summed E-state index contributed by atoms with van der Waals surface area (Å²) in [6.07, 6.45) is 8.62. The molecule has 2 unspecified atom stereocenters. The molecule has 2 atom stereocenters. The molecule has 46 heavy (non-hydrogen) atoms. The molecule has 0 aromatic heterocycles. The van der Waals surface area contributed by atoms with Gasteiger partial charge in [-0.2, -0.15) is 0 Å². The van der Waals surface area contributed by atoms with Gasteiger partial charge >= 0.3 is 0 Å². The van der Waals surface area contributed by atoms with Gasteiger partial charge in [-0.15, -0.1) is 0 Å². The number of benzene rings is 4. The lowest BCUT2D eigenvalue weighted by Gasteiger charge is -2.27. The van der Waals surface area contributed by atoms with E-state index in [4.69, 9.17) is 5.73 Å². The monoisotopic (exact) mass is 658 g/mol. The molecule has 4 aromatic rings. The van der Waals surface area contributed by atoms with Gasteiger partial charge in [0.25, 0.3) is 0 Å². The summed E-state index contributed by atoms with van der Waals surface area (Å²) in [5.41, 5.74) is 10.7. The van der Waals surface area contributed by atoms with Crippen molar-refractivity contribution in [2.45, 2.75) is 82.8 Å². The normalized spacial score (nSPS) is 17.8. The fraction of sp³-hybridized carbons (Fsp3) is 0.368. The number of hydrogen-bond acceptors (Lipinski definition) is 6. The molecule has 6 rings (SSSR count). The molecule has 2 N–H and O–H groups in total. The van der Waals surface area contributed by atoms with Crippen molar-refractivity contribution >= 4 is 19.7 Å². The number of hydrogen-bond donors (Lipinski definition) is 1. The van der Waals surface area contributed by atoms with E-state index in [2.05, 4.69) is 19.0 Å². The first kappa shape index (κ1) is 34.0. The molecule has 8 heteroatoms. The van der Waals surface area contributed by atoms with Crippen LogP contribution in [0.25, 0.3) is 0 Å². The van der Waals surface area contributed by atoms with Crippen LogP contribution < -0.4 is 5.73 Å². The molecule has 4 aromatic carbocycles. The maximum atomic E-state index is 12.8. The molecule has 0 saturated carbocycles. The Kier molecular flexibility index (Phi) is 11.2. The van der Waals surface area contributed by atoms with Gasteiger partial charge in [0.05, 0.1) is 19.6 Å². The SMILES string of the molecule is CN(C)CCC1CCCc2cc(S(=O)(=O)c3ccccc3)ccc21.NCCC1CCCc2cc(S(=O)(=O)c3ccccc3)ccc21. The number of aryl methyl sites for hydroxylation is 2. The fourth-order valence-corrected chi connectivity index (χ4v) is 9.47. The van der Waals surface area contributed by atoms with E-state index in [1.807, 2.05) is 36.4 Å². The molecule has 0 spiro atoms. The minimum absolute atomic E-state index is 0.351. The van der Waals surface area contributed by atoms with Crippen LogP contribution in [0, 0.1) is 0 Å². The first-order valence-corrected chi connectivity index (χ1v) is 19.3. The van der Waals surface area contributed by atoms with Crippen LogP contribution >= 0.6 is 0 Å². The van der Waals surface area contributed by atoms with Crippen LogP contribution in [-0.2, 0) is 32.5 Å². The average molecular weight is 659 g/mol. The number of nitrogens with two attached hydrogens (primary N) is 1. The Labute approximate surface area is 275 Å². The van der Waals surface area contributed by atoms with Gasteiger partial charge in [0.1, 0.15) is 0 Å². The molecule has 6 nitrogen and oxygen atoms in total. The molecule has 0 bridgehead atoms. The third-order valence-corrected chi connectivity index (χ3v) is 12.8. The number of sulfone groups is 2. The second-order valence-electron chi connectivity index (χ2n) is 12.7. The predicted molar refractivity (Wildman–Crippen MR) is 185 cm³/mol. The van der Waals surface area contributed by atoms with E-state index in [9.17, 15) is 16.8 Å². The first-order valence-electron chi connectivity index (χ1n) is 16.3. The molecular formula is C38H46N2O4S2. The van der Waals surface area contributed by atoms with Crippen molar-refractivity contribution in [3.8, 4) is 0 Å². The van der Waals surface area contributed by atoms with Gasteiger partial charge < -0.3 is 10.6 Å². The molecule has 244 valence electrons. The molecule has 0 amide bonds. The predicted octanol–water partition coefficient (Wildman–Crippen LogP) is 7.18. The summed E-state index contributed by atoms with van der Waals surface area (Å²) < 4.78 is 51.0. The molecule has 0 fully saturated rings. The summed E-state index contributed by atoms with van der Waals surface area (Å²) in [6.45, 7) is 1.74. The van der Waals surface area contributed by atoms with Gasteiger partial charge in [-0.05, 0) is 161 Å². The maximum Gasteiger partial charge on any atom is 0.206 e. The van der Waals surface area contributed by atoms with Crippen LogP contribution in [0.5, 0.6) is 0 Å². The Morgan fingerprint density at radius 1 is 0.609 bits per heavy atom. The summed E-state index contributed by atoms with van der Waals surface area (Å²) in [4.78, 5) is 3.74. The highest BCUT2D eigenvalue weighted by atomic mass is 32.2. The lowest BCUT2D eigenvalue weighted by atomic mass is 9.81. The molecule has 2 aliphatic rings. The van der Waals surface area contributed by atoms with Crippen LogP contribution in [0.2, 0.25) is 0 Å². The van der Waals surface area contributed by atoms with Gasteiger partial charge in [0.15, 0.2) is 0 Å². The fourth-order valence-electron chi connectivity index (χ4n) is 6.80. The number of fused-ring (bicyclic) bond motifs is 2. The zero-order chi connectivity index (χ0) is 32.7. The Bertz CT molecular complexity index is 1820. The summed E-state index contributed by atoms with van der Waals surface area (Å²) >= 11 is 0. The standard InChI is InChI=1S/C20H25NO2S.C18H21NO2S/c1-21(2)14-13-16-7-6-8-17-15-19(11-12-20(16)17)24(22,23)18-9-4-3-5-10-18;19-12-11-14-5-4-6-15-13-17(9-10-18(14)15)22(20,21)16-7-2-1-3-8-16/h3-5,9-12,15-16H,6-8,13-14H2,1-2H3;1-3,7-10,13-14H,4-6,11-12,19H2. The Morgan fingerprint density at radius 3 is 1.46 bits per heavy atom. The third-order valence-electron chi connectivity index (χ3n) is 9.27. The Morgan fingerprint density at radius 2 is 1.04 bits per heavy atom. The lowest BCUT2D eigenvalue weighted by molar-refractivity contribution is 0.368. The third kappa shape index (κ3) is 7.80. The van der Waals surface area contributed by atoms with E-state index in [1.165, 1.54) is 28.7 Å². The quantitative estimate of drug-likeness (QED) is 0.205. The topological polar surface area (TPSA) is 97.5 Å². The smallest absolute Gasteiger partial charge is 0.206 e. The minimum Gasteiger partial charge on any atom is -0.330 e. The molecule has 0 saturated heterocycles. The summed E-state index contributed by atoms with van der Waals surface area (Å²) in [5, 5.41) is 0. The van der Waals surface area contributed by atoms with E-state index in [0.717, 1.165) is 51.5 Å². The molecular weight excluding hydrogens is 613 g/mol. The Hall–Kier alpha value is -3.30. The second kappa shape index (κ2) is 15.1. The molecule has 0 heterocycles. The van der Waals surface area contributed by atoms with E-state index in [0.29, 0.717) is 38.0 Å². The van der Waals surface area contributed by atoms with Crippen molar-refractivity contribution in [3.63, 3.8) is 0 Å². The van der Waals surface area contributed by atoms with Gasteiger partial charge in [0.2, 0.25) is 19.7 Å². The van der Waals surface area contributed by atoms with E-state index in [-0.39, 0.29) is 0 Å². The van der Waals surface area contributed by atoms with Crippen molar-refractivity contribution in [2.24, 2.45) is 5.73 Å². The van der Waals surface area contributed by atoms with Crippen molar-refractivity contribution in [3.05, 3.63) is 119 Å². The van der Waals surface area contributed by atoms with Crippen molar-refractivity contribution < 1.29 is 16.8 Å².